The number of esters is 1. The molecule has 0 bridgehead atoms. The van der Waals surface area contributed by atoms with Crippen LogP contribution in [-0.2, 0) is 16.0 Å². The van der Waals surface area contributed by atoms with Crippen molar-refractivity contribution < 1.29 is 9.53 Å². The molecule has 0 amide bonds. The molecule has 22 heavy (non-hydrogen) atoms. The maximum Gasteiger partial charge on any atom is 0.305 e. The van der Waals surface area contributed by atoms with Gasteiger partial charge >= 0.3 is 5.97 Å². The van der Waals surface area contributed by atoms with Crippen molar-refractivity contribution in [3.63, 3.8) is 0 Å². The van der Waals surface area contributed by atoms with Crippen LogP contribution in [0, 0.1) is 0 Å². The van der Waals surface area contributed by atoms with Crippen molar-refractivity contribution in [2.24, 2.45) is 4.99 Å². The summed E-state index contributed by atoms with van der Waals surface area (Å²) in [6, 6.07) is 8.47. The van der Waals surface area contributed by atoms with E-state index in [0.717, 1.165) is 44.7 Å². The van der Waals surface area contributed by atoms with Crippen LogP contribution in [0.25, 0.3) is 0 Å². The molecule has 0 saturated heterocycles. The first kappa shape index (κ1) is 16.3. The van der Waals surface area contributed by atoms with Gasteiger partial charge in [-0.1, -0.05) is 24.6 Å². The van der Waals surface area contributed by atoms with Crippen molar-refractivity contribution in [2.45, 2.75) is 32.1 Å². The van der Waals surface area contributed by atoms with Gasteiger partial charge in [0.25, 0.3) is 0 Å². The normalized spacial score (nSPS) is 13.9. The van der Waals surface area contributed by atoms with E-state index in [0.29, 0.717) is 6.42 Å². The van der Waals surface area contributed by atoms with Gasteiger partial charge in [0.2, 0.25) is 0 Å². The maximum absolute atomic E-state index is 11.0. The number of unbranched alkanes of at least 4 members (excludes halogenated alkanes) is 2. The molecule has 1 N–H and O–H groups in total. The van der Waals surface area contributed by atoms with Gasteiger partial charge in [0.1, 0.15) is 0 Å². The van der Waals surface area contributed by atoms with Crippen LogP contribution in [0.1, 0.15) is 31.2 Å². The molecule has 5 heteroatoms. The van der Waals surface area contributed by atoms with Gasteiger partial charge < -0.3 is 15.0 Å². The summed E-state index contributed by atoms with van der Waals surface area (Å²) in [5, 5.41) is 3.41. The fourth-order valence-electron chi connectivity index (χ4n) is 2.73. The fraction of sp³-hybridized carbons (Fsp3) is 0.529. The molecule has 1 aromatic carbocycles. The van der Waals surface area contributed by atoms with Crippen LogP contribution in [0.2, 0.25) is 0 Å². The zero-order valence-electron chi connectivity index (χ0n) is 13.5. The summed E-state index contributed by atoms with van der Waals surface area (Å²) in [6.45, 7) is 1.84. The van der Waals surface area contributed by atoms with Crippen LogP contribution in [0.4, 0.5) is 5.69 Å². The first-order valence-corrected chi connectivity index (χ1v) is 7.89. The zero-order valence-corrected chi connectivity index (χ0v) is 13.5. The lowest BCUT2D eigenvalue weighted by Crippen LogP contribution is -2.40. The van der Waals surface area contributed by atoms with Crippen molar-refractivity contribution in [2.75, 3.05) is 32.1 Å². The van der Waals surface area contributed by atoms with Crippen LogP contribution in [0.15, 0.2) is 29.3 Å². The number of hydrogen-bond acceptors (Lipinski definition) is 3. The number of carbonyl (C=O) groups is 1. The van der Waals surface area contributed by atoms with Crippen molar-refractivity contribution in [1.29, 1.82) is 0 Å². The second kappa shape index (κ2) is 8.41. The van der Waals surface area contributed by atoms with E-state index in [-0.39, 0.29) is 5.97 Å². The molecule has 5 nitrogen and oxygen atoms in total. The van der Waals surface area contributed by atoms with Gasteiger partial charge in [0.15, 0.2) is 5.96 Å². The first-order chi connectivity index (χ1) is 10.8. The Bertz CT molecular complexity index is 528. The van der Waals surface area contributed by atoms with Crippen molar-refractivity contribution in [1.82, 2.24) is 5.32 Å². The third-order valence-electron chi connectivity index (χ3n) is 3.92. The lowest BCUT2D eigenvalue weighted by Gasteiger charge is -2.22. The molecule has 0 aromatic heterocycles. The van der Waals surface area contributed by atoms with Crippen molar-refractivity contribution >= 4 is 17.6 Å². The molecule has 0 atom stereocenters. The average Bonchev–Trinajstić information content (AvgIpc) is 2.98. The molecule has 1 aromatic rings. The Labute approximate surface area is 132 Å². The van der Waals surface area contributed by atoms with Crippen LogP contribution >= 0.6 is 0 Å². The summed E-state index contributed by atoms with van der Waals surface area (Å²) in [5.74, 6) is 0.801. The van der Waals surface area contributed by atoms with Crippen molar-refractivity contribution in [3.8, 4) is 0 Å². The van der Waals surface area contributed by atoms with E-state index < -0.39 is 0 Å². The van der Waals surface area contributed by atoms with Crippen LogP contribution in [0.5, 0.6) is 0 Å². The van der Waals surface area contributed by atoms with Gasteiger partial charge in [-0.25, -0.2) is 0 Å². The Balaban J connectivity index is 1.74. The van der Waals surface area contributed by atoms with E-state index in [1.807, 2.05) is 7.05 Å². The summed E-state index contributed by atoms with van der Waals surface area (Å²) in [6.07, 6.45) is 4.47. The summed E-state index contributed by atoms with van der Waals surface area (Å²) < 4.78 is 4.63. The number of hydrogen-bond donors (Lipinski definition) is 1. The number of rotatable bonds is 6. The summed E-state index contributed by atoms with van der Waals surface area (Å²) >= 11 is 0. The third-order valence-corrected chi connectivity index (χ3v) is 3.92. The fourth-order valence-corrected chi connectivity index (χ4v) is 2.73. The number of para-hydroxylation sites is 1. The minimum atomic E-state index is -0.127. The number of nitrogens with one attached hydrogen (secondary N) is 1. The third kappa shape index (κ3) is 4.23. The molecule has 1 aliphatic heterocycles. The predicted molar refractivity (Wildman–Crippen MR) is 89.3 cm³/mol. The monoisotopic (exact) mass is 303 g/mol. The molecule has 0 fully saturated rings. The SMILES string of the molecule is CN=C(NCCCCCC(=O)OC)N1CCc2ccccc21. The highest BCUT2D eigenvalue weighted by Crippen LogP contribution is 2.27. The topological polar surface area (TPSA) is 53.9 Å². The second-order valence-corrected chi connectivity index (χ2v) is 5.39. The zero-order chi connectivity index (χ0) is 15.8. The Morgan fingerprint density at radius 2 is 2.14 bits per heavy atom. The number of methoxy groups -OCH3 is 1. The lowest BCUT2D eigenvalue weighted by atomic mass is 10.2. The number of anilines is 1. The quantitative estimate of drug-likeness (QED) is 0.379. The van der Waals surface area contributed by atoms with Gasteiger partial charge in [-0.2, -0.15) is 0 Å². The lowest BCUT2D eigenvalue weighted by molar-refractivity contribution is -0.140. The Kier molecular flexibility index (Phi) is 6.25. The van der Waals surface area contributed by atoms with E-state index in [1.165, 1.54) is 18.4 Å². The molecule has 0 radical (unpaired) electrons. The molecule has 0 saturated carbocycles. The average molecular weight is 303 g/mol. The Hall–Kier alpha value is -2.04. The molecule has 1 heterocycles. The highest BCUT2D eigenvalue weighted by atomic mass is 16.5. The number of ether oxygens (including phenoxy) is 1. The van der Waals surface area contributed by atoms with E-state index in [1.54, 1.807) is 0 Å². The minimum absolute atomic E-state index is 0.127. The molecule has 0 unspecified atom stereocenters. The smallest absolute Gasteiger partial charge is 0.305 e. The number of nitrogens with zero attached hydrogens (tertiary/aromatic N) is 2. The molecule has 120 valence electrons. The maximum atomic E-state index is 11.0. The molecule has 2 rings (SSSR count). The Morgan fingerprint density at radius 3 is 2.91 bits per heavy atom. The summed E-state index contributed by atoms with van der Waals surface area (Å²) in [4.78, 5) is 17.7. The number of carbonyl (C=O) groups excluding carboxylic acids is 1. The van der Waals surface area contributed by atoms with E-state index in [2.05, 4.69) is 44.2 Å². The molecule has 0 aliphatic carbocycles. The number of aliphatic imine (C=N–C) groups is 1. The van der Waals surface area contributed by atoms with Crippen LogP contribution in [0.3, 0.4) is 0 Å². The van der Waals surface area contributed by atoms with E-state index in [4.69, 9.17) is 0 Å². The largest absolute Gasteiger partial charge is 0.469 e. The van der Waals surface area contributed by atoms with E-state index >= 15 is 0 Å². The van der Waals surface area contributed by atoms with Gasteiger partial charge in [0.05, 0.1) is 7.11 Å². The molecule has 0 spiro atoms. The number of guanidine groups is 1. The summed E-state index contributed by atoms with van der Waals surface area (Å²) in [7, 11) is 3.25. The van der Waals surface area contributed by atoms with Gasteiger partial charge in [-0.15, -0.1) is 0 Å². The van der Waals surface area contributed by atoms with Gasteiger partial charge in [0, 0.05) is 32.2 Å². The molecular weight excluding hydrogens is 278 g/mol. The standard InChI is InChI=1S/C17H25N3O2/c1-18-17(19-12-7-3-4-10-16(21)22-2)20-13-11-14-8-5-6-9-15(14)20/h5-6,8-9H,3-4,7,10-13H2,1-2H3,(H,18,19). The van der Waals surface area contributed by atoms with E-state index in [9.17, 15) is 4.79 Å². The minimum Gasteiger partial charge on any atom is -0.469 e. The number of fused-ring (bicyclic) bond motifs is 1. The van der Waals surface area contributed by atoms with Crippen molar-refractivity contribution in [3.05, 3.63) is 29.8 Å². The van der Waals surface area contributed by atoms with Crippen LogP contribution in [-0.4, -0.2) is 39.2 Å². The number of benzene rings is 1. The molecular formula is C17H25N3O2. The molecule has 1 aliphatic rings. The van der Waals surface area contributed by atoms with Gasteiger partial charge in [-0.3, -0.25) is 9.79 Å². The summed E-state index contributed by atoms with van der Waals surface area (Å²) in [5.41, 5.74) is 2.63. The highest BCUT2D eigenvalue weighted by molar-refractivity contribution is 5.97. The first-order valence-electron chi connectivity index (χ1n) is 7.89. The highest BCUT2D eigenvalue weighted by Gasteiger charge is 2.21. The van der Waals surface area contributed by atoms with Crippen LogP contribution < -0.4 is 10.2 Å². The second-order valence-electron chi connectivity index (χ2n) is 5.39. The Morgan fingerprint density at radius 1 is 1.32 bits per heavy atom. The predicted octanol–water partition coefficient (Wildman–Crippen LogP) is 2.36. The van der Waals surface area contributed by atoms with Gasteiger partial charge in [-0.05, 0) is 30.9 Å².